The Bertz CT molecular complexity index is 1730. The number of ether oxygens (including phenoxy) is 1. The molecule has 4 aromatic rings. The average Bonchev–Trinajstić information content (AvgIpc) is 3.04. The maximum atomic E-state index is 13.4. The predicted molar refractivity (Wildman–Crippen MR) is 165 cm³/mol. The molecule has 0 radical (unpaired) electrons. The van der Waals surface area contributed by atoms with Gasteiger partial charge in [0.1, 0.15) is 12.3 Å². The van der Waals surface area contributed by atoms with Crippen LogP contribution in [-0.2, 0) is 19.6 Å². The number of hydrogen-bond acceptors (Lipinski definition) is 8. The van der Waals surface area contributed by atoms with Crippen molar-refractivity contribution in [3.05, 3.63) is 130 Å². The van der Waals surface area contributed by atoms with Gasteiger partial charge in [0.25, 0.3) is 27.5 Å². The number of benzene rings is 4. The van der Waals surface area contributed by atoms with Crippen molar-refractivity contribution in [2.45, 2.75) is 17.9 Å². The Hall–Kier alpha value is -5.56. The monoisotopic (exact) mass is 615 g/mol. The Kier molecular flexibility index (Phi) is 10.4. The van der Waals surface area contributed by atoms with Gasteiger partial charge in [-0.3, -0.25) is 24.0 Å². The molecule has 226 valence electrons. The van der Waals surface area contributed by atoms with Crippen LogP contribution in [0.2, 0.25) is 0 Å². The van der Waals surface area contributed by atoms with Crippen LogP contribution in [0.15, 0.2) is 119 Å². The predicted octanol–water partition coefficient (Wildman–Crippen LogP) is 4.20. The van der Waals surface area contributed by atoms with Crippen LogP contribution < -0.4 is 19.8 Å². The standard InChI is InChI=1S/C31H29N5O7S/c1-23(25-9-4-2-5-10-25)33-31(38)22-43-28-17-15-24(16-18-28)20-32-34-30(37)21-35(26-11-8-12-27(19-26)36(39)40)44(41,42)29-13-6-3-7-14-29/h2-20,23H,21-22H2,1H3,(H,33,38)(H,34,37)/b32-20-/t23-/m0/s1. The first-order chi connectivity index (χ1) is 21.1. The zero-order chi connectivity index (χ0) is 31.5. The SMILES string of the molecule is C[C@H](NC(=O)COc1ccc(/C=N\NC(=O)CN(c2cccc([N+](=O)[O-])c2)S(=O)(=O)c2ccccc2)cc1)c1ccccc1. The van der Waals surface area contributed by atoms with Gasteiger partial charge >= 0.3 is 0 Å². The molecule has 0 saturated heterocycles. The third-order valence-electron chi connectivity index (χ3n) is 6.28. The molecule has 0 spiro atoms. The number of carbonyl (C=O) groups excluding carboxylic acids is 2. The topological polar surface area (TPSA) is 160 Å². The number of rotatable bonds is 13. The highest BCUT2D eigenvalue weighted by molar-refractivity contribution is 7.92. The number of sulfonamides is 1. The van der Waals surface area contributed by atoms with Crippen LogP contribution in [0.4, 0.5) is 11.4 Å². The fourth-order valence-electron chi connectivity index (χ4n) is 4.05. The first-order valence-electron chi connectivity index (χ1n) is 13.3. The minimum absolute atomic E-state index is 0.0547. The van der Waals surface area contributed by atoms with E-state index in [1.54, 1.807) is 30.3 Å². The van der Waals surface area contributed by atoms with Crippen LogP contribution in [0.1, 0.15) is 24.1 Å². The summed E-state index contributed by atoms with van der Waals surface area (Å²) in [4.78, 5) is 35.6. The fraction of sp³-hybridized carbons (Fsp3) is 0.129. The summed E-state index contributed by atoms with van der Waals surface area (Å²) in [6, 6.07) is 28.4. The highest BCUT2D eigenvalue weighted by atomic mass is 32.2. The van der Waals surface area contributed by atoms with E-state index in [0.717, 1.165) is 15.9 Å². The van der Waals surface area contributed by atoms with Crippen molar-refractivity contribution >= 4 is 39.4 Å². The molecule has 2 N–H and O–H groups in total. The first kappa shape index (κ1) is 31.4. The highest BCUT2D eigenvalue weighted by Crippen LogP contribution is 2.27. The number of nitrogens with zero attached hydrogens (tertiary/aromatic N) is 3. The number of nitro groups is 1. The molecule has 0 aliphatic heterocycles. The number of amides is 2. The van der Waals surface area contributed by atoms with Crippen molar-refractivity contribution < 1.29 is 27.7 Å². The lowest BCUT2D eigenvalue weighted by Gasteiger charge is -2.23. The number of anilines is 1. The van der Waals surface area contributed by atoms with Crippen LogP contribution in [0.5, 0.6) is 5.75 Å². The second-order valence-corrected chi connectivity index (χ2v) is 11.3. The van der Waals surface area contributed by atoms with Gasteiger partial charge in [-0.1, -0.05) is 54.6 Å². The summed E-state index contributed by atoms with van der Waals surface area (Å²) in [5.41, 5.74) is 3.47. The summed E-state index contributed by atoms with van der Waals surface area (Å²) in [7, 11) is -4.25. The van der Waals surface area contributed by atoms with Crippen molar-refractivity contribution in [1.29, 1.82) is 0 Å². The van der Waals surface area contributed by atoms with Gasteiger partial charge in [0, 0.05) is 12.1 Å². The molecule has 44 heavy (non-hydrogen) atoms. The third-order valence-corrected chi connectivity index (χ3v) is 8.07. The highest BCUT2D eigenvalue weighted by Gasteiger charge is 2.28. The largest absolute Gasteiger partial charge is 0.484 e. The summed E-state index contributed by atoms with van der Waals surface area (Å²) in [5, 5.41) is 18.0. The molecular formula is C31H29N5O7S. The van der Waals surface area contributed by atoms with E-state index in [1.165, 1.54) is 48.7 Å². The van der Waals surface area contributed by atoms with Crippen molar-refractivity contribution in [1.82, 2.24) is 10.7 Å². The molecule has 0 saturated carbocycles. The van der Waals surface area contributed by atoms with Gasteiger partial charge in [-0.2, -0.15) is 5.10 Å². The van der Waals surface area contributed by atoms with Gasteiger partial charge in [0.2, 0.25) is 0 Å². The smallest absolute Gasteiger partial charge is 0.271 e. The van der Waals surface area contributed by atoms with Gasteiger partial charge in [-0.15, -0.1) is 0 Å². The quantitative estimate of drug-likeness (QED) is 0.130. The molecular weight excluding hydrogens is 586 g/mol. The Labute approximate surface area is 254 Å². The number of carbonyl (C=O) groups is 2. The fourth-order valence-corrected chi connectivity index (χ4v) is 5.48. The lowest BCUT2D eigenvalue weighted by atomic mass is 10.1. The lowest BCUT2D eigenvalue weighted by molar-refractivity contribution is -0.384. The van der Waals surface area contributed by atoms with Crippen LogP contribution >= 0.6 is 0 Å². The zero-order valence-corrected chi connectivity index (χ0v) is 24.4. The van der Waals surface area contributed by atoms with E-state index in [4.69, 9.17) is 4.74 Å². The molecule has 0 unspecified atom stereocenters. The maximum absolute atomic E-state index is 13.4. The maximum Gasteiger partial charge on any atom is 0.271 e. The Morgan fingerprint density at radius 1 is 0.932 bits per heavy atom. The lowest BCUT2D eigenvalue weighted by Crippen LogP contribution is -2.39. The van der Waals surface area contributed by atoms with Crippen LogP contribution in [0, 0.1) is 10.1 Å². The molecule has 2 amide bonds. The normalized spacial score (nSPS) is 11.8. The van der Waals surface area contributed by atoms with Gasteiger partial charge < -0.3 is 10.1 Å². The van der Waals surface area contributed by atoms with Crippen molar-refractivity contribution in [2.24, 2.45) is 5.10 Å². The Morgan fingerprint density at radius 2 is 1.59 bits per heavy atom. The van der Waals surface area contributed by atoms with E-state index in [2.05, 4.69) is 15.8 Å². The van der Waals surface area contributed by atoms with E-state index >= 15 is 0 Å². The van der Waals surface area contributed by atoms with Crippen molar-refractivity contribution in [3.8, 4) is 5.75 Å². The molecule has 1 atom stereocenters. The number of hydrazone groups is 1. The average molecular weight is 616 g/mol. The van der Waals surface area contributed by atoms with Gasteiger partial charge in [-0.25, -0.2) is 13.8 Å². The number of hydrogen-bond donors (Lipinski definition) is 2. The number of nitro benzene ring substituents is 1. The van der Waals surface area contributed by atoms with Gasteiger partial charge in [0.05, 0.1) is 27.8 Å². The second kappa shape index (κ2) is 14.6. The minimum Gasteiger partial charge on any atom is -0.484 e. The Balaban J connectivity index is 1.35. The molecule has 0 fully saturated rings. The van der Waals surface area contributed by atoms with E-state index < -0.39 is 27.4 Å². The van der Waals surface area contributed by atoms with E-state index in [9.17, 15) is 28.1 Å². The molecule has 0 aliphatic carbocycles. The zero-order valence-electron chi connectivity index (χ0n) is 23.6. The third kappa shape index (κ3) is 8.49. The summed E-state index contributed by atoms with van der Waals surface area (Å²) < 4.78 is 33.1. The summed E-state index contributed by atoms with van der Waals surface area (Å²) in [6.45, 7) is 1.02. The van der Waals surface area contributed by atoms with Gasteiger partial charge in [-0.05, 0) is 60.5 Å². The molecule has 4 rings (SSSR count). The summed E-state index contributed by atoms with van der Waals surface area (Å²) >= 11 is 0. The molecule has 0 aromatic heterocycles. The molecule has 4 aromatic carbocycles. The molecule has 0 aliphatic rings. The van der Waals surface area contributed by atoms with Crippen LogP contribution in [-0.4, -0.2) is 44.5 Å². The number of non-ortho nitro benzene ring substituents is 1. The Morgan fingerprint density at radius 3 is 2.25 bits per heavy atom. The van der Waals surface area contributed by atoms with Crippen molar-refractivity contribution in [2.75, 3.05) is 17.5 Å². The molecule has 13 heteroatoms. The summed E-state index contributed by atoms with van der Waals surface area (Å²) in [5.74, 6) is -0.599. The van der Waals surface area contributed by atoms with Crippen LogP contribution in [0.25, 0.3) is 0 Å². The first-order valence-corrected chi connectivity index (χ1v) is 14.8. The van der Waals surface area contributed by atoms with Crippen LogP contribution in [0.3, 0.4) is 0 Å². The van der Waals surface area contributed by atoms with Gasteiger partial charge in [0.15, 0.2) is 6.61 Å². The second-order valence-electron chi connectivity index (χ2n) is 9.45. The molecule has 12 nitrogen and oxygen atoms in total. The molecule has 0 bridgehead atoms. The van der Waals surface area contributed by atoms with E-state index in [1.807, 2.05) is 37.3 Å². The minimum atomic E-state index is -4.25. The molecule has 0 heterocycles. The van der Waals surface area contributed by atoms with E-state index in [0.29, 0.717) is 11.3 Å². The van der Waals surface area contributed by atoms with Crippen molar-refractivity contribution in [3.63, 3.8) is 0 Å². The van der Waals surface area contributed by atoms with E-state index in [-0.39, 0.29) is 34.8 Å². The summed E-state index contributed by atoms with van der Waals surface area (Å²) in [6.07, 6.45) is 1.35. The number of nitrogens with one attached hydrogen (secondary N) is 2.